The second kappa shape index (κ2) is 5.06. The lowest BCUT2D eigenvalue weighted by atomic mass is 10.1. The van der Waals surface area contributed by atoms with Gasteiger partial charge in [-0.05, 0) is 32.0 Å². The molecule has 5 heteroatoms. The fourth-order valence-electron chi connectivity index (χ4n) is 1.80. The van der Waals surface area contributed by atoms with Crippen molar-refractivity contribution in [1.82, 2.24) is 4.98 Å². The van der Waals surface area contributed by atoms with Gasteiger partial charge in [0, 0.05) is 22.7 Å². The summed E-state index contributed by atoms with van der Waals surface area (Å²) >= 11 is 0. The first-order valence-electron chi connectivity index (χ1n) is 5.88. The lowest BCUT2D eigenvalue weighted by molar-refractivity contribution is 0.0524. The van der Waals surface area contributed by atoms with Gasteiger partial charge in [-0.15, -0.1) is 0 Å². The third-order valence-electron chi connectivity index (χ3n) is 2.78. The molecule has 1 aromatic carbocycles. The first-order chi connectivity index (χ1) is 9.04. The standard InChI is InChI=1S/C14H13NO4/c1-3-19-14(18)11-7-15-12-5-4-9(8(2)16)6-10(12)13(11)17/h4-7H,3H2,1-2H3,(H,15,17). The van der Waals surface area contributed by atoms with Crippen LogP contribution in [-0.2, 0) is 4.74 Å². The number of ether oxygens (including phenoxy) is 1. The average molecular weight is 259 g/mol. The quantitative estimate of drug-likeness (QED) is 0.674. The molecule has 98 valence electrons. The van der Waals surface area contributed by atoms with Gasteiger partial charge in [0.1, 0.15) is 5.56 Å². The van der Waals surface area contributed by atoms with E-state index in [9.17, 15) is 14.4 Å². The van der Waals surface area contributed by atoms with Crippen LogP contribution in [0.15, 0.2) is 29.2 Å². The summed E-state index contributed by atoms with van der Waals surface area (Å²) in [6.07, 6.45) is 1.33. The van der Waals surface area contributed by atoms with E-state index in [1.807, 2.05) is 0 Å². The van der Waals surface area contributed by atoms with Crippen LogP contribution in [0.3, 0.4) is 0 Å². The van der Waals surface area contributed by atoms with Gasteiger partial charge in [-0.25, -0.2) is 4.79 Å². The molecule has 0 saturated carbocycles. The number of benzene rings is 1. The SMILES string of the molecule is CCOC(=O)c1c[nH]c2ccc(C(C)=O)cc2c1=O. The number of rotatable bonds is 3. The third-order valence-corrected chi connectivity index (χ3v) is 2.78. The molecule has 0 saturated heterocycles. The minimum absolute atomic E-state index is 0.0601. The van der Waals surface area contributed by atoms with Crippen LogP contribution in [-0.4, -0.2) is 23.3 Å². The molecule has 0 spiro atoms. The number of Topliss-reactive ketones (excluding diaryl/α,β-unsaturated/α-hetero) is 1. The van der Waals surface area contributed by atoms with Gasteiger partial charge in [0.15, 0.2) is 5.78 Å². The van der Waals surface area contributed by atoms with Gasteiger partial charge in [0.2, 0.25) is 5.43 Å². The van der Waals surface area contributed by atoms with E-state index in [1.54, 1.807) is 19.1 Å². The maximum atomic E-state index is 12.2. The van der Waals surface area contributed by atoms with E-state index in [-0.39, 0.29) is 18.0 Å². The molecule has 0 atom stereocenters. The highest BCUT2D eigenvalue weighted by molar-refractivity contribution is 5.99. The number of esters is 1. The van der Waals surface area contributed by atoms with Gasteiger partial charge >= 0.3 is 5.97 Å². The van der Waals surface area contributed by atoms with Crippen molar-refractivity contribution in [3.05, 3.63) is 45.7 Å². The maximum absolute atomic E-state index is 12.2. The van der Waals surface area contributed by atoms with Crippen molar-refractivity contribution in [3.63, 3.8) is 0 Å². The van der Waals surface area contributed by atoms with Gasteiger partial charge < -0.3 is 9.72 Å². The molecule has 1 aromatic heterocycles. The molecule has 0 aliphatic heterocycles. The molecule has 0 bridgehead atoms. The minimum Gasteiger partial charge on any atom is -0.462 e. The molecular formula is C14H13NO4. The van der Waals surface area contributed by atoms with E-state index < -0.39 is 11.4 Å². The summed E-state index contributed by atoms with van der Waals surface area (Å²) < 4.78 is 4.81. The number of hydrogen-bond acceptors (Lipinski definition) is 4. The lowest BCUT2D eigenvalue weighted by Gasteiger charge is -2.04. The van der Waals surface area contributed by atoms with Crippen LogP contribution >= 0.6 is 0 Å². The number of H-pyrrole nitrogens is 1. The fourth-order valence-corrected chi connectivity index (χ4v) is 1.80. The summed E-state index contributed by atoms with van der Waals surface area (Å²) in [5.41, 5.74) is 0.507. The maximum Gasteiger partial charge on any atom is 0.343 e. The number of fused-ring (bicyclic) bond motifs is 1. The fraction of sp³-hybridized carbons (Fsp3) is 0.214. The Labute approximate surface area is 109 Å². The molecule has 0 amide bonds. The zero-order chi connectivity index (χ0) is 14.0. The van der Waals surface area contributed by atoms with Gasteiger partial charge in [-0.1, -0.05) is 0 Å². The summed E-state index contributed by atoms with van der Waals surface area (Å²) in [7, 11) is 0. The first-order valence-corrected chi connectivity index (χ1v) is 5.88. The van der Waals surface area contributed by atoms with Gasteiger partial charge in [-0.2, -0.15) is 0 Å². The zero-order valence-electron chi connectivity index (χ0n) is 10.6. The Hall–Kier alpha value is -2.43. The highest BCUT2D eigenvalue weighted by atomic mass is 16.5. The van der Waals surface area contributed by atoms with Crippen LogP contribution in [0.25, 0.3) is 10.9 Å². The van der Waals surface area contributed by atoms with Crippen LogP contribution in [0, 0.1) is 0 Å². The average Bonchev–Trinajstić information content (AvgIpc) is 2.39. The monoisotopic (exact) mass is 259 g/mol. The summed E-state index contributed by atoms with van der Waals surface area (Å²) in [5, 5.41) is 0.304. The Kier molecular flexibility index (Phi) is 3.46. The van der Waals surface area contributed by atoms with Crippen molar-refractivity contribution < 1.29 is 14.3 Å². The smallest absolute Gasteiger partial charge is 0.343 e. The van der Waals surface area contributed by atoms with Crippen molar-refractivity contribution in [2.45, 2.75) is 13.8 Å². The Bertz CT molecular complexity index is 715. The Balaban J connectivity index is 2.65. The zero-order valence-corrected chi connectivity index (χ0v) is 10.6. The molecule has 1 heterocycles. The van der Waals surface area contributed by atoms with E-state index in [2.05, 4.69) is 4.98 Å². The van der Waals surface area contributed by atoms with Crippen LogP contribution in [0.5, 0.6) is 0 Å². The topological polar surface area (TPSA) is 76.2 Å². The second-order valence-electron chi connectivity index (χ2n) is 4.07. The van der Waals surface area contributed by atoms with Crippen LogP contribution in [0.1, 0.15) is 34.6 Å². The van der Waals surface area contributed by atoms with E-state index >= 15 is 0 Å². The molecule has 19 heavy (non-hydrogen) atoms. The highest BCUT2D eigenvalue weighted by Gasteiger charge is 2.14. The van der Waals surface area contributed by atoms with Gasteiger partial charge in [0.05, 0.1) is 6.61 Å². The number of carbonyl (C=O) groups is 2. The molecule has 1 N–H and O–H groups in total. The summed E-state index contributed by atoms with van der Waals surface area (Å²) in [6, 6.07) is 4.76. The molecule has 0 unspecified atom stereocenters. The van der Waals surface area contributed by atoms with E-state index in [0.717, 1.165) is 0 Å². The molecule has 0 aliphatic carbocycles. The van der Waals surface area contributed by atoms with Crippen LogP contribution in [0.4, 0.5) is 0 Å². The van der Waals surface area contributed by atoms with Crippen molar-refractivity contribution in [1.29, 1.82) is 0 Å². The van der Waals surface area contributed by atoms with E-state index in [0.29, 0.717) is 16.5 Å². The number of nitrogens with one attached hydrogen (secondary N) is 1. The van der Waals surface area contributed by atoms with Gasteiger partial charge in [-0.3, -0.25) is 9.59 Å². The molecule has 0 aliphatic rings. The Morgan fingerprint density at radius 1 is 1.32 bits per heavy atom. The second-order valence-corrected chi connectivity index (χ2v) is 4.07. The van der Waals surface area contributed by atoms with Crippen LogP contribution < -0.4 is 5.43 Å². The van der Waals surface area contributed by atoms with Crippen molar-refractivity contribution in [2.24, 2.45) is 0 Å². The number of aromatic nitrogens is 1. The van der Waals surface area contributed by atoms with Crippen LogP contribution in [0.2, 0.25) is 0 Å². The number of carbonyl (C=O) groups excluding carboxylic acids is 2. The molecule has 2 rings (SSSR count). The highest BCUT2D eigenvalue weighted by Crippen LogP contribution is 2.12. The summed E-state index contributed by atoms with van der Waals surface area (Å²) in [6.45, 7) is 3.29. The Morgan fingerprint density at radius 3 is 2.68 bits per heavy atom. The summed E-state index contributed by atoms with van der Waals surface area (Å²) in [5.74, 6) is -0.804. The molecule has 5 nitrogen and oxygen atoms in total. The number of hydrogen-bond donors (Lipinski definition) is 1. The number of pyridine rings is 1. The Morgan fingerprint density at radius 2 is 2.05 bits per heavy atom. The van der Waals surface area contributed by atoms with Crippen molar-refractivity contribution in [2.75, 3.05) is 6.61 Å². The summed E-state index contributed by atoms with van der Waals surface area (Å²) in [4.78, 5) is 38.0. The lowest BCUT2D eigenvalue weighted by Crippen LogP contribution is -2.18. The minimum atomic E-state index is -0.668. The normalized spacial score (nSPS) is 10.4. The molecule has 2 aromatic rings. The van der Waals surface area contributed by atoms with Crippen molar-refractivity contribution >= 4 is 22.7 Å². The molecular weight excluding hydrogens is 246 g/mol. The predicted molar refractivity (Wildman–Crippen MR) is 70.5 cm³/mol. The predicted octanol–water partition coefficient (Wildman–Crippen LogP) is 1.91. The largest absolute Gasteiger partial charge is 0.462 e. The third kappa shape index (κ3) is 2.40. The number of aromatic amines is 1. The van der Waals surface area contributed by atoms with Gasteiger partial charge in [0.25, 0.3) is 0 Å². The molecule has 0 fully saturated rings. The van der Waals surface area contributed by atoms with E-state index in [4.69, 9.17) is 4.74 Å². The first kappa shape index (κ1) is 13.0. The van der Waals surface area contributed by atoms with E-state index in [1.165, 1.54) is 19.2 Å². The molecule has 0 radical (unpaired) electrons. The van der Waals surface area contributed by atoms with Crippen molar-refractivity contribution in [3.8, 4) is 0 Å². The number of ketones is 1.